The first-order valence-electron chi connectivity index (χ1n) is 5.22. The molecule has 1 nitrogen and oxygen atoms in total. The van der Waals surface area contributed by atoms with Crippen molar-refractivity contribution < 1.29 is 4.79 Å². The molecule has 0 saturated carbocycles. The largest absolute Gasteiger partial charge is 0.299 e. The molecular weight excluding hydrogens is 180 g/mol. The van der Waals surface area contributed by atoms with Crippen LogP contribution in [0.15, 0.2) is 0 Å². The maximum absolute atomic E-state index is 11.7. The Labute approximate surface area is 85.7 Å². The van der Waals surface area contributed by atoms with E-state index in [9.17, 15) is 4.79 Å². The standard InChI is InChI=1S/C11H20OS/c1-4-5-10(12)9-6-7-13-11(2,3)8-9/h9H,4-8H2,1-3H3. The fourth-order valence-corrected chi connectivity index (χ4v) is 3.23. The van der Waals surface area contributed by atoms with E-state index in [1.165, 1.54) is 0 Å². The summed E-state index contributed by atoms with van der Waals surface area (Å²) in [6.45, 7) is 6.59. The summed E-state index contributed by atoms with van der Waals surface area (Å²) in [5.41, 5.74) is 0. The Morgan fingerprint density at radius 3 is 2.77 bits per heavy atom. The van der Waals surface area contributed by atoms with Crippen LogP contribution in [0.25, 0.3) is 0 Å². The van der Waals surface area contributed by atoms with Gasteiger partial charge in [-0.25, -0.2) is 0 Å². The molecule has 2 heteroatoms. The predicted octanol–water partition coefficient (Wildman–Crippen LogP) is 3.28. The number of hydrogen-bond donors (Lipinski definition) is 0. The SMILES string of the molecule is CCCC(=O)C1CCSC(C)(C)C1. The molecule has 0 amide bonds. The molecule has 1 aliphatic rings. The summed E-state index contributed by atoms with van der Waals surface area (Å²) in [7, 11) is 0. The Hall–Kier alpha value is 0.0200. The maximum Gasteiger partial charge on any atom is 0.136 e. The summed E-state index contributed by atoms with van der Waals surface area (Å²) in [6.07, 6.45) is 3.97. The van der Waals surface area contributed by atoms with Crippen LogP contribution in [-0.4, -0.2) is 16.3 Å². The van der Waals surface area contributed by atoms with Crippen molar-refractivity contribution in [1.29, 1.82) is 0 Å². The Bertz CT molecular complexity index is 187. The van der Waals surface area contributed by atoms with Gasteiger partial charge in [0.15, 0.2) is 0 Å². The highest BCUT2D eigenvalue weighted by Crippen LogP contribution is 2.39. The Balaban J connectivity index is 2.47. The molecule has 0 spiro atoms. The van der Waals surface area contributed by atoms with E-state index >= 15 is 0 Å². The summed E-state index contributed by atoms with van der Waals surface area (Å²) in [5.74, 6) is 2.01. The first-order valence-corrected chi connectivity index (χ1v) is 6.20. The highest BCUT2D eigenvalue weighted by Gasteiger charge is 2.31. The van der Waals surface area contributed by atoms with E-state index in [-0.39, 0.29) is 0 Å². The van der Waals surface area contributed by atoms with Crippen molar-refractivity contribution in [3.63, 3.8) is 0 Å². The molecule has 1 rings (SSSR count). The summed E-state index contributed by atoms with van der Waals surface area (Å²) in [4.78, 5) is 11.7. The third-order valence-corrected chi connectivity index (χ3v) is 4.04. The number of Topliss-reactive ketones (excluding diaryl/α,β-unsaturated/α-hetero) is 1. The van der Waals surface area contributed by atoms with Crippen molar-refractivity contribution in [2.75, 3.05) is 5.75 Å². The van der Waals surface area contributed by atoms with Gasteiger partial charge >= 0.3 is 0 Å². The van der Waals surface area contributed by atoms with Gasteiger partial charge in [-0.3, -0.25) is 4.79 Å². The van der Waals surface area contributed by atoms with Crippen LogP contribution in [0.2, 0.25) is 0 Å². The molecule has 1 heterocycles. The monoisotopic (exact) mass is 200 g/mol. The van der Waals surface area contributed by atoms with E-state index in [0.717, 1.165) is 31.4 Å². The van der Waals surface area contributed by atoms with Crippen LogP contribution >= 0.6 is 11.8 Å². The number of hydrogen-bond acceptors (Lipinski definition) is 2. The first-order chi connectivity index (χ1) is 6.05. The van der Waals surface area contributed by atoms with Gasteiger partial charge in [0.2, 0.25) is 0 Å². The normalized spacial score (nSPS) is 27.2. The lowest BCUT2D eigenvalue weighted by atomic mass is 9.88. The van der Waals surface area contributed by atoms with Crippen molar-refractivity contribution in [1.82, 2.24) is 0 Å². The van der Waals surface area contributed by atoms with E-state index in [1.807, 2.05) is 11.8 Å². The van der Waals surface area contributed by atoms with Gasteiger partial charge in [-0.2, -0.15) is 11.8 Å². The Morgan fingerprint density at radius 1 is 1.54 bits per heavy atom. The minimum atomic E-state index is 0.326. The smallest absolute Gasteiger partial charge is 0.136 e. The van der Waals surface area contributed by atoms with Crippen LogP contribution in [0, 0.1) is 5.92 Å². The van der Waals surface area contributed by atoms with Crippen molar-refractivity contribution in [3.8, 4) is 0 Å². The number of thioether (sulfide) groups is 1. The lowest BCUT2D eigenvalue weighted by Crippen LogP contribution is -2.30. The van der Waals surface area contributed by atoms with Crippen LogP contribution in [0.4, 0.5) is 0 Å². The third-order valence-electron chi connectivity index (χ3n) is 2.65. The fourth-order valence-electron chi connectivity index (χ4n) is 1.96. The number of rotatable bonds is 3. The highest BCUT2D eigenvalue weighted by atomic mass is 32.2. The summed E-state index contributed by atoms with van der Waals surface area (Å²) in [6, 6.07) is 0. The average Bonchev–Trinajstić information content (AvgIpc) is 2.03. The van der Waals surface area contributed by atoms with Gasteiger partial charge in [-0.15, -0.1) is 0 Å². The highest BCUT2D eigenvalue weighted by molar-refractivity contribution is 8.00. The minimum Gasteiger partial charge on any atom is -0.299 e. The van der Waals surface area contributed by atoms with Gasteiger partial charge in [0.25, 0.3) is 0 Å². The van der Waals surface area contributed by atoms with Crippen molar-refractivity contribution in [2.45, 2.75) is 51.2 Å². The molecule has 0 radical (unpaired) electrons. The molecule has 1 fully saturated rings. The molecule has 13 heavy (non-hydrogen) atoms. The molecule has 0 aromatic carbocycles. The average molecular weight is 200 g/mol. The molecule has 1 saturated heterocycles. The predicted molar refractivity (Wildman–Crippen MR) is 59.2 cm³/mol. The van der Waals surface area contributed by atoms with Crippen molar-refractivity contribution >= 4 is 17.5 Å². The van der Waals surface area contributed by atoms with E-state index in [4.69, 9.17) is 0 Å². The molecule has 0 aromatic rings. The molecule has 0 aliphatic carbocycles. The van der Waals surface area contributed by atoms with Crippen LogP contribution < -0.4 is 0 Å². The Kier molecular flexibility index (Phi) is 3.84. The zero-order valence-corrected chi connectivity index (χ0v) is 9.75. The van der Waals surface area contributed by atoms with E-state index in [1.54, 1.807) is 0 Å². The topological polar surface area (TPSA) is 17.1 Å². The molecule has 1 atom stereocenters. The van der Waals surface area contributed by atoms with Gasteiger partial charge in [0.05, 0.1) is 0 Å². The third kappa shape index (κ3) is 3.34. The van der Waals surface area contributed by atoms with E-state index < -0.39 is 0 Å². The van der Waals surface area contributed by atoms with Gasteiger partial charge < -0.3 is 0 Å². The number of ketones is 1. The lowest BCUT2D eigenvalue weighted by molar-refractivity contribution is -0.123. The zero-order valence-electron chi connectivity index (χ0n) is 8.93. The molecule has 0 bridgehead atoms. The fraction of sp³-hybridized carbons (Fsp3) is 0.909. The first kappa shape index (κ1) is 11.1. The van der Waals surface area contributed by atoms with Crippen molar-refractivity contribution in [3.05, 3.63) is 0 Å². The molecule has 1 aliphatic heterocycles. The lowest BCUT2D eigenvalue weighted by Gasteiger charge is -2.33. The summed E-state index contributed by atoms with van der Waals surface area (Å²) >= 11 is 2.01. The molecule has 76 valence electrons. The van der Waals surface area contributed by atoms with Gasteiger partial charge in [-0.05, 0) is 25.0 Å². The van der Waals surface area contributed by atoms with Gasteiger partial charge in [0, 0.05) is 17.1 Å². The second kappa shape index (κ2) is 4.50. The van der Waals surface area contributed by atoms with Crippen LogP contribution in [0.5, 0.6) is 0 Å². The summed E-state index contributed by atoms with van der Waals surface area (Å²) < 4.78 is 0.326. The number of carbonyl (C=O) groups excluding carboxylic acids is 1. The Morgan fingerprint density at radius 2 is 2.23 bits per heavy atom. The van der Waals surface area contributed by atoms with E-state index in [0.29, 0.717) is 16.4 Å². The summed E-state index contributed by atoms with van der Waals surface area (Å²) in [5, 5.41) is 0. The zero-order chi connectivity index (χ0) is 9.90. The minimum absolute atomic E-state index is 0.326. The molecule has 1 unspecified atom stereocenters. The van der Waals surface area contributed by atoms with Crippen LogP contribution in [0.1, 0.15) is 46.5 Å². The van der Waals surface area contributed by atoms with Crippen molar-refractivity contribution in [2.24, 2.45) is 5.92 Å². The number of carbonyl (C=O) groups is 1. The maximum atomic E-state index is 11.7. The molecular formula is C11H20OS. The van der Waals surface area contributed by atoms with Crippen LogP contribution in [0.3, 0.4) is 0 Å². The molecule has 0 aromatic heterocycles. The van der Waals surface area contributed by atoms with Gasteiger partial charge in [-0.1, -0.05) is 20.8 Å². The quantitative estimate of drug-likeness (QED) is 0.695. The second-order valence-corrected chi connectivity index (χ2v) is 6.32. The molecule has 0 N–H and O–H groups in total. The second-order valence-electron chi connectivity index (χ2n) is 4.51. The van der Waals surface area contributed by atoms with E-state index in [2.05, 4.69) is 20.8 Å². The van der Waals surface area contributed by atoms with Crippen LogP contribution in [-0.2, 0) is 4.79 Å². The van der Waals surface area contributed by atoms with Gasteiger partial charge in [0.1, 0.15) is 5.78 Å².